The van der Waals surface area contributed by atoms with Crippen LogP contribution < -0.4 is 10.6 Å². The quantitative estimate of drug-likeness (QED) is 0.634. The van der Waals surface area contributed by atoms with Crippen LogP contribution in [0, 0.1) is 0 Å². The van der Waals surface area contributed by atoms with Crippen molar-refractivity contribution in [1.82, 2.24) is 5.32 Å². The SMILES string of the molecule is CC(=O)c1cccc(NC(=O)[C@@H](NCc2ccco2)c2ccccc2)c1. The zero-order chi connectivity index (χ0) is 18.4. The van der Waals surface area contributed by atoms with Gasteiger partial charge in [-0.2, -0.15) is 0 Å². The Hall–Kier alpha value is -3.18. The van der Waals surface area contributed by atoms with Gasteiger partial charge in [0, 0.05) is 11.3 Å². The number of hydrogen-bond acceptors (Lipinski definition) is 4. The molecule has 5 nitrogen and oxygen atoms in total. The Bertz CT molecular complexity index is 873. The summed E-state index contributed by atoms with van der Waals surface area (Å²) < 4.78 is 5.33. The van der Waals surface area contributed by atoms with E-state index in [0.717, 1.165) is 11.3 Å². The van der Waals surface area contributed by atoms with Gasteiger partial charge in [-0.25, -0.2) is 0 Å². The molecule has 132 valence electrons. The Morgan fingerprint density at radius 3 is 2.50 bits per heavy atom. The number of rotatable bonds is 7. The first-order chi connectivity index (χ1) is 12.6. The average molecular weight is 348 g/mol. The van der Waals surface area contributed by atoms with Gasteiger partial charge in [-0.15, -0.1) is 0 Å². The fourth-order valence-corrected chi connectivity index (χ4v) is 2.65. The molecule has 5 heteroatoms. The van der Waals surface area contributed by atoms with Crippen molar-refractivity contribution in [2.45, 2.75) is 19.5 Å². The van der Waals surface area contributed by atoms with Crippen LogP contribution in [0.4, 0.5) is 5.69 Å². The zero-order valence-electron chi connectivity index (χ0n) is 14.4. The molecule has 0 bridgehead atoms. The summed E-state index contributed by atoms with van der Waals surface area (Å²) in [5.41, 5.74) is 1.99. The van der Waals surface area contributed by atoms with Crippen molar-refractivity contribution in [1.29, 1.82) is 0 Å². The van der Waals surface area contributed by atoms with E-state index in [1.807, 2.05) is 42.5 Å². The van der Waals surface area contributed by atoms with Gasteiger partial charge in [0.2, 0.25) is 5.91 Å². The van der Waals surface area contributed by atoms with Gasteiger partial charge < -0.3 is 9.73 Å². The van der Waals surface area contributed by atoms with Gasteiger partial charge in [-0.1, -0.05) is 42.5 Å². The third-order valence-electron chi connectivity index (χ3n) is 3.99. The summed E-state index contributed by atoms with van der Waals surface area (Å²) in [5, 5.41) is 6.10. The second-order valence-electron chi connectivity index (χ2n) is 5.93. The first-order valence-electron chi connectivity index (χ1n) is 8.36. The molecule has 1 aromatic heterocycles. The molecule has 1 amide bonds. The Labute approximate surface area is 152 Å². The summed E-state index contributed by atoms with van der Waals surface area (Å²) in [5.74, 6) is 0.498. The van der Waals surface area contributed by atoms with Crippen molar-refractivity contribution >= 4 is 17.4 Å². The lowest BCUT2D eigenvalue weighted by molar-refractivity contribution is -0.118. The normalized spacial score (nSPS) is 11.7. The monoisotopic (exact) mass is 348 g/mol. The van der Waals surface area contributed by atoms with Gasteiger partial charge in [-0.3, -0.25) is 14.9 Å². The number of benzene rings is 2. The van der Waals surface area contributed by atoms with E-state index in [4.69, 9.17) is 4.42 Å². The molecule has 0 saturated heterocycles. The summed E-state index contributed by atoms with van der Waals surface area (Å²) >= 11 is 0. The predicted octanol–water partition coefficient (Wildman–Crippen LogP) is 3.95. The molecule has 3 aromatic rings. The van der Waals surface area contributed by atoms with Gasteiger partial charge in [0.25, 0.3) is 0 Å². The minimum Gasteiger partial charge on any atom is -0.468 e. The zero-order valence-corrected chi connectivity index (χ0v) is 14.4. The highest BCUT2D eigenvalue weighted by Gasteiger charge is 2.20. The number of carbonyl (C=O) groups is 2. The number of Topliss-reactive ketones (excluding diaryl/α,β-unsaturated/α-hetero) is 1. The molecule has 0 aliphatic carbocycles. The molecular formula is C21H20N2O3. The van der Waals surface area contributed by atoms with Crippen LogP contribution in [0.15, 0.2) is 77.4 Å². The molecule has 26 heavy (non-hydrogen) atoms. The van der Waals surface area contributed by atoms with Crippen LogP contribution in [0.25, 0.3) is 0 Å². The Morgan fingerprint density at radius 1 is 1.00 bits per heavy atom. The number of anilines is 1. The number of carbonyl (C=O) groups excluding carboxylic acids is 2. The maximum absolute atomic E-state index is 12.9. The smallest absolute Gasteiger partial charge is 0.246 e. The molecule has 1 heterocycles. The van der Waals surface area contributed by atoms with Crippen molar-refractivity contribution < 1.29 is 14.0 Å². The van der Waals surface area contributed by atoms with Crippen molar-refractivity contribution in [3.8, 4) is 0 Å². The van der Waals surface area contributed by atoms with E-state index in [2.05, 4.69) is 10.6 Å². The maximum Gasteiger partial charge on any atom is 0.246 e. The minimum atomic E-state index is -0.553. The van der Waals surface area contributed by atoms with Crippen LogP contribution in [0.3, 0.4) is 0 Å². The first-order valence-corrected chi connectivity index (χ1v) is 8.36. The van der Waals surface area contributed by atoms with E-state index in [0.29, 0.717) is 17.8 Å². The predicted molar refractivity (Wildman–Crippen MR) is 99.8 cm³/mol. The highest BCUT2D eigenvalue weighted by atomic mass is 16.3. The number of ketones is 1. The van der Waals surface area contributed by atoms with Crippen LogP contribution in [0.2, 0.25) is 0 Å². The van der Waals surface area contributed by atoms with Crippen LogP contribution in [-0.2, 0) is 11.3 Å². The maximum atomic E-state index is 12.9. The summed E-state index contributed by atoms with van der Waals surface area (Å²) in [6, 6.07) is 19.5. The van der Waals surface area contributed by atoms with Gasteiger partial charge in [0.15, 0.2) is 5.78 Å². The van der Waals surface area contributed by atoms with Gasteiger partial charge in [0.1, 0.15) is 11.8 Å². The van der Waals surface area contributed by atoms with Gasteiger partial charge in [-0.05, 0) is 36.8 Å². The molecule has 0 spiro atoms. The van der Waals surface area contributed by atoms with Crippen molar-refractivity contribution in [2.24, 2.45) is 0 Å². The largest absolute Gasteiger partial charge is 0.468 e. The molecule has 2 aromatic carbocycles. The lowest BCUT2D eigenvalue weighted by Gasteiger charge is -2.18. The van der Waals surface area contributed by atoms with E-state index in [9.17, 15) is 9.59 Å². The minimum absolute atomic E-state index is 0.0448. The topological polar surface area (TPSA) is 71.3 Å². The summed E-state index contributed by atoms with van der Waals surface area (Å²) in [7, 11) is 0. The molecule has 1 atom stereocenters. The molecule has 0 unspecified atom stereocenters. The number of nitrogens with one attached hydrogen (secondary N) is 2. The Balaban J connectivity index is 1.78. The number of hydrogen-bond donors (Lipinski definition) is 2. The fraction of sp³-hybridized carbons (Fsp3) is 0.143. The van der Waals surface area contributed by atoms with E-state index in [1.54, 1.807) is 30.5 Å². The molecule has 2 N–H and O–H groups in total. The number of furan rings is 1. The second kappa shape index (κ2) is 8.27. The summed E-state index contributed by atoms with van der Waals surface area (Å²) in [4.78, 5) is 24.4. The second-order valence-corrected chi connectivity index (χ2v) is 5.93. The van der Waals surface area contributed by atoms with Gasteiger partial charge in [0.05, 0.1) is 12.8 Å². The lowest BCUT2D eigenvalue weighted by atomic mass is 10.1. The molecule has 0 aliphatic rings. The van der Waals surface area contributed by atoms with E-state index in [-0.39, 0.29) is 11.7 Å². The van der Waals surface area contributed by atoms with Crippen molar-refractivity contribution in [2.75, 3.05) is 5.32 Å². The molecule has 3 rings (SSSR count). The van der Waals surface area contributed by atoms with Crippen LogP contribution in [-0.4, -0.2) is 11.7 Å². The standard InChI is InChI=1S/C21H20N2O3/c1-15(24)17-9-5-10-18(13-17)23-21(25)20(16-7-3-2-4-8-16)22-14-19-11-6-12-26-19/h2-13,20,22H,14H2,1H3,(H,23,25)/t20-/m0/s1. The summed E-state index contributed by atoms with van der Waals surface area (Å²) in [6.07, 6.45) is 1.60. The third kappa shape index (κ3) is 4.46. The fourth-order valence-electron chi connectivity index (χ4n) is 2.65. The van der Waals surface area contributed by atoms with Crippen molar-refractivity contribution in [3.05, 3.63) is 89.9 Å². The van der Waals surface area contributed by atoms with Gasteiger partial charge >= 0.3 is 0 Å². The van der Waals surface area contributed by atoms with E-state index < -0.39 is 6.04 Å². The van der Waals surface area contributed by atoms with Crippen LogP contribution >= 0.6 is 0 Å². The van der Waals surface area contributed by atoms with E-state index in [1.165, 1.54) is 6.92 Å². The highest BCUT2D eigenvalue weighted by molar-refractivity contribution is 5.98. The third-order valence-corrected chi connectivity index (χ3v) is 3.99. The Kier molecular flexibility index (Phi) is 5.61. The molecule has 0 radical (unpaired) electrons. The average Bonchev–Trinajstić information content (AvgIpc) is 3.16. The number of amides is 1. The van der Waals surface area contributed by atoms with Crippen LogP contribution in [0.5, 0.6) is 0 Å². The summed E-state index contributed by atoms with van der Waals surface area (Å²) in [6.45, 7) is 1.92. The lowest BCUT2D eigenvalue weighted by Crippen LogP contribution is -2.32. The van der Waals surface area contributed by atoms with Crippen molar-refractivity contribution in [3.63, 3.8) is 0 Å². The first kappa shape index (κ1) is 17.6. The van der Waals surface area contributed by atoms with Crippen LogP contribution in [0.1, 0.15) is 34.6 Å². The highest BCUT2D eigenvalue weighted by Crippen LogP contribution is 2.18. The molecular weight excluding hydrogens is 328 g/mol. The molecule has 0 saturated carbocycles. The molecule has 0 fully saturated rings. The molecule has 0 aliphatic heterocycles. The van der Waals surface area contributed by atoms with E-state index >= 15 is 0 Å². The Morgan fingerprint density at radius 2 is 1.81 bits per heavy atom.